The second kappa shape index (κ2) is 6.71. The first-order valence-electron chi connectivity index (χ1n) is 5.95. The molecule has 9 heteroatoms. The maximum atomic E-state index is 11.5. The summed E-state index contributed by atoms with van der Waals surface area (Å²) in [6.07, 6.45) is 0.919. The van der Waals surface area contributed by atoms with Crippen LogP contribution in [0.2, 0.25) is 0 Å². The minimum atomic E-state index is -3.13. The van der Waals surface area contributed by atoms with E-state index in [1.807, 2.05) is 0 Å². The summed E-state index contributed by atoms with van der Waals surface area (Å²) in [4.78, 5) is 22.3. The van der Waals surface area contributed by atoms with E-state index in [2.05, 4.69) is 10.6 Å². The number of aliphatic carboxylic acids is 1. The number of amides is 2. The number of hydrogen-bond acceptors (Lipinski definition) is 5. The van der Waals surface area contributed by atoms with Gasteiger partial charge in [0.05, 0.1) is 11.5 Å². The number of carboxylic acids is 1. The smallest absolute Gasteiger partial charge is 0.326 e. The van der Waals surface area contributed by atoms with Gasteiger partial charge in [-0.05, 0) is 12.8 Å². The normalized spacial score (nSPS) is 23.3. The summed E-state index contributed by atoms with van der Waals surface area (Å²) >= 11 is 0. The zero-order valence-corrected chi connectivity index (χ0v) is 11.1. The quantitative estimate of drug-likeness (QED) is 0.498. The topological polar surface area (TPSA) is 133 Å². The summed E-state index contributed by atoms with van der Waals surface area (Å²) in [5, 5.41) is 22.1. The van der Waals surface area contributed by atoms with E-state index in [1.165, 1.54) is 0 Å². The van der Waals surface area contributed by atoms with Gasteiger partial charge in [0.15, 0.2) is 9.84 Å². The van der Waals surface area contributed by atoms with Gasteiger partial charge in [-0.25, -0.2) is 18.0 Å². The lowest BCUT2D eigenvalue weighted by Crippen LogP contribution is -2.51. The molecule has 0 bridgehead atoms. The molecule has 1 unspecified atom stereocenters. The van der Waals surface area contributed by atoms with Gasteiger partial charge in [0.1, 0.15) is 6.04 Å². The van der Waals surface area contributed by atoms with Gasteiger partial charge in [-0.2, -0.15) is 0 Å². The van der Waals surface area contributed by atoms with Crippen LogP contribution >= 0.6 is 0 Å². The lowest BCUT2D eigenvalue weighted by molar-refractivity contribution is -0.139. The minimum absolute atomic E-state index is 0.105. The maximum absolute atomic E-state index is 11.5. The van der Waals surface area contributed by atoms with Crippen molar-refractivity contribution in [1.29, 1.82) is 0 Å². The van der Waals surface area contributed by atoms with Crippen LogP contribution in [0.3, 0.4) is 0 Å². The van der Waals surface area contributed by atoms with Crippen molar-refractivity contribution in [2.45, 2.75) is 31.3 Å². The molecular weight excluding hydrogens is 276 g/mol. The number of carbonyl (C=O) groups excluding carboxylic acids is 1. The number of hydrogen-bond donors (Lipinski definition) is 4. The first-order chi connectivity index (χ1) is 8.84. The summed E-state index contributed by atoms with van der Waals surface area (Å²) in [5.41, 5.74) is 0. The van der Waals surface area contributed by atoms with Crippen LogP contribution in [0.5, 0.6) is 0 Å². The van der Waals surface area contributed by atoms with Crippen molar-refractivity contribution in [3.05, 3.63) is 0 Å². The molecule has 1 saturated heterocycles. The molecule has 0 aromatic carbocycles. The van der Waals surface area contributed by atoms with Gasteiger partial charge in [0, 0.05) is 19.1 Å². The summed E-state index contributed by atoms with van der Waals surface area (Å²) in [5.74, 6) is -1.26. The molecule has 1 aliphatic rings. The van der Waals surface area contributed by atoms with Crippen LogP contribution in [-0.4, -0.2) is 60.8 Å². The second-order valence-corrected chi connectivity index (χ2v) is 6.70. The fraction of sp³-hybridized carbons (Fsp3) is 0.800. The fourth-order valence-corrected chi connectivity index (χ4v) is 3.54. The van der Waals surface area contributed by atoms with Crippen LogP contribution in [-0.2, 0) is 14.6 Å². The zero-order valence-electron chi connectivity index (χ0n) is 10.3. The molecule has 0 spiro atoms. The van der Waals surface area contributed by atoms with Crippen molar-refractivity contribution in [3.8, 4) is 0 Å². The van der Waals surface area contributed by atoms with Crippen molar-refractivity contribution < 1.29 is 28.2 Å². The van der Waals surface area contributed by atoms with Crippen LogP contribution in [0.25, 0.3) is 0 Å². The number of nitrogens with one attached hydrogen (secondary N) is 2. The number of sulfone groups is 1. The zero-order chi connectivity index (χ0) is 14.5. The van der Waals surface area contributed by atoms with Gasteiger partial charge < -0.3 is 20.8 Å². The average Bonchev–Trinajstić information content (AvgIpc) is 2.26. The van der Waals surface area contributed by atoms with Crippen molar-refractivity contribution >= 4 is 21.8 Å². The van der Waals surface area contributed by atoms with E-state index < -0.39 is 33.9 Å². The Hall–Kier alpha value is -1.35. The van der Waals surface area contributed by atoms with E-state index in [9.17, 15) is 18.0 Å². The Balaban J connectivity index is 2.48. The van der Waals surface area contributed by atoms with Crippen molar-refractivity contribution in [2.75, 3.05) is 18.1 Å². The van der Waals surface area contributed by atoms with Gasteiger partial charge >= 0.3 is 12.0 Å². The standard InChI is InChI=1S/C10H18N2O6S/c13-4-3-8(9(14)15)12-10(16)11-7-2-1-5-19(17,18)6-7/h7-8,13H,1-6H2,(H,14,15)(H2,11,12,16)/t7?,8-/m0/s1. The Bertz CT molecular complexity index is 435. The molecule has 1 heterocycles. The fourth-order valence-electron chi connectivity index (χ4n) is 1.91. The minimum Gasteiger partial charge on any atom is -0.480 e. The molecular formula is C10H18N2O6S. The highest BCUT2D eigenvalue weighted by Crippen LogP contribution is 2.11. The van der Waals surface area contributed by atoms with Crippen LogP contribution in [0, 0.1) is 0 Å². The SMILES string of the molecule is O=C(NC1CCCS(=O)(=O)C1)N[C@@H](CCO)C(=O)O. The van der Waals surface area contributed by atoms with Gasteiger partial charge in [-0.1, -0.05) is 0 Å². The van der Waals surface area contributed by atoms with Crippen LogP contribution in [0.4, 0.5) is 4.79 Å². The molecule has 0 aromatic rings. The van der Waals surface area contributed by atoms with Crippen LogP contribution in [0.15, 0.2) is 0 Å². The molecule has 0 saturated carbocycles. The number of carboxylic acid groups (broad SMARTS) is 1. The van der Waals surface area contributed by atoms with Gasteiger partial charge in [0.25, 0.3) is 0 Å². The van der Waals surface area contributed by atoms with E-state index in [-0.39, 0.29) is 24.5 Å². The molecule has 1 fully saturated rings. The first kappa shape index (κ1) is 15.7. The summed E-state index contributed by atoms with van der Waals surface area (Å²) in [6, 6.07) is -2.42. The molecule has 1 aliphatic heterocycles. The second-order valence-electron chi connectivity index (χ2n) is 4.47. The summed E-state index contributed by atoms with van der Waals surface area (Å²) < 4.78 is 22.8. The maximum Gasteiger partial charge on any atom is 0.326 e. The monoisotopic (exact) mass is 294 g/mol. The Labute approximate surface area is 111 Å². The summed E-state index contributed by atoms with van der Waals surface area (Å²) in [7, 11) is -3.13. The number of aliphatic hydroxyl groups is 1. The Kier molecular flexibility index (Phi) is 5.55. The van der Waals surface area contributed by atoms with E-state index in [0.29, 0.717) is 12.8 Å². The summed E-state index contributed by atoms with van der Waals surface area (Å²) in [6.45, 7) is -0.366. The van der Waals surface area contributed by atoms with Crippen LogP contribution in [0.1, 0.15) is 19.3 Å². The lowest BCUT2D eigenvalue weighted by atomic mass is 10.2. The molecule has 0 aliphatic carbocycles. The number of rotatable bonds is 5. The largest absolute Gasteiger partial charge is 0.480 e. The first-order valence-corrected chi connectivity index (χ1v) is 7.77. The predicted molar refractivity (Wildman–Crippen MR) is 66.5 cm³/mol. The molecule has 110 valence electrons. The molecule has 4 N–H and O–H groups in total. The predicted octanol–water partition coefficient (Wildman–Crippen LogP) is -1.30. The van der Waals surface area contributed by atoms with Gasteiger partial charge in [-0.3, -0.25) is 0 Å². The van der Waals surface area contributed by atoms with Gasteiger partial charge in [0.2, 0.25) is 0 Å². The number of carbonyl (C=O) groups is 2. The van der Waals surface area contributed by atoms with Crippen molar-refractivity contribution in [1.82, 2.24) is 10.6 Å². The molecule has 8 nitrogen and oxygen atoms in total. The number of urea groups is 1. The van der Waals surface area contributed by atoms with Crippen molar-refractivity contribution in [2.24, 2.45) is 0 Å². The highest BCUT2D eigenvalue weighted by atomic mass is 32.2. The number of aliphatic hydroxyl groups excluding tert-OH is 1. The van der Waals surface area contributed by atoms with Gasteiger partial charge in [-0.15, -0.1) is 0 Å². The third-order valence-corrected chi connectivity index (χ3v) is 4.64. The Morgan fingerprint density at radius 3 is 2.58 bits per heavy atom. The Morgan fingerprint density at radius 2 is 2.05 bits per heavy atom. The highest BCUT2D eigenvalue weighted by Gasteiger charge is 2.27. The lowest BCUT2D eigenvalue weighted by Gasteiger charge is -2.24. The molecule has 2 atom stereocenters. The molecule has 0 radical (unpaired) electrons. The van der Waals surface area contributed by atoms with E-state index in [1.54, 1.807) is 0 Å². The van der Waals surface area contributed by atoms with E-state index >= 15 is 0 Å². The van der Waals surface area contributed by atoms with Crippen LogP contribution < -0.4 is 10.6 Å². The average molecular weight is 294 g/mol. The third-order valence-electron chi connectivity index (χ3n) is 2.82. The molecule has 2 amide bonds. The van der Waals surface area contributed by atoms with E-state index in [4.69, 9.17) is 10.2 Å². The van der Waals surface area contributed by atoms with E-state index in [0.717, 1.165) is 0 Å². The highest BCUT2D eigenvalue weighted by molar-refractivity contribution is 7.91. The Morgan fingerprint density at radius 1 is 1.37 bits per heavy atom. The third kappa shape index (κ3) is 5.43. The molecule has 19 heavy (non-hydrogen) atoms. The molecule has 1 rings (SSSR count). The molecule has 0 aromatic heterocycles. The van der Waals surface area contributed by atoms with Crippen molar-refractivity contribution in [3.63, 3.8) is 0 Å².